The number of para-hydroxylation sites is 1. The molecule has 0 aliphatic carbocycles. The van der Waals surface area contributed by atoms with E-state index in [2.05, 4.69) is 32.7 Å². The van der Waals surface area contributed by atoms with Crippen molar-refractivity contribution in [1.82, 2.24) is 9.88 Å². The monoisotopic (exact) mass is 374 g/mol. The zero-order chi connectivity index (χ0) is 19.1. The maximum absolute atomic E-state index is 12.5. The van der Waals surface area contributed by atoms with Gasteiger partial charge in [0.15, 0.2) is 0 Å². The molecule has 0 atom stereocenters. The van der Waals surface area contributed by atoms with Crippen molar-refractivity contribution >= 4 is 17.2 Å². The third kappa shape index (κ3) is 6.45. The number of hydrogen-bond donors (Lipinski definition) is 0. The average molecular weight is 375 g/mol. The first-order chi connectivity index (χ1) is 12.3. The van der Waals surface area contributed by atoms with Crippen molar-refractivity contribution in [2.75, 3.05) is 6.54 Å². The van der Waals surface area contributed by atoms with Gasteiger partial charge in [0.2, 0.25) is 5.91 Å². The van der Waals surface area contributed by atoms with Gasteiger partial charge in [0.25, 0.3) is 0 Å². The Kier molecular flexibility index (Phi) is 7.64. The Hall–Kier alpha value is -1.88. The third-order valence-corrected chi connectivity index (χ3v) is 4.79. The number of carbonyl (C=O) groups excluding carboxylic acids is 1. The summed E-state index contributed by atoms with van der Waals surface area (Å²) in [6.07, 6.45) is 0.583. The quantitative estimate of drug-likeness (QED) is 0.616. The van der Waals surface area contributed by atoms with Crippen LogP contribution in [0.5, 0.6) is 5.75 Å². The van der Waals surface area contributed by atoms with E-state index in [1.165, 1.54) is 0 Å². The second-order valence-electron chi connectivity index (χ2n) is 7.55. The van der Waals surface area contributed by atoms with Crippen LogP contribution >= 0.6 is 11.3 Å². The van der Waals surface area contributed by atoms with Gasteiger partial charge in [-0.15, -0.1) is 11.3 Å². The minimum absolute atomic E-state index is 0.208. The minimum atomic E-state index is 0.208. The smallest absolute Gasteiger partial charge is 0.223 e. The molecule has 1 amide bonds. The molecular formula is C21H30N2O2S. The molecule has 0 saturated heterocycles. The molecule has 2 rings (SSSR count). The second-order valence-corrected chi connectivity index (χ2v) is 8.50. The summed E-state index contributed by atoms with van der Waals surface area (Å²) in [6.45, 7) is 12.3. The Balaban J connectivity index is 1.97. The minimum Gasteiger partial charge on any atom is -0.486 e. The highest BCUT2D eigenvalue weighted by molar-refractivity contribution is 7.09. The van der Waals surface area contributed by atoms with Gasteiger partial charge in [-0.2, -0.15) is 0 Å². The lowest BCUT2D eigenvalue weighted by Gasteiger charge is -2.24. The third-order valence-electron chi connectivity index (χ3n) is 3.92. The van der Waals surface area contributed by atoms with Gasteiger partial charge >= 0.3 is 0 Å². The number of thiazole rings is 1. The van der Waals surface area contributed by atoms with Crippen molar-refractivity contribution < 1.29 is 9.53 Å². The van der Waals surface area contributed by atoms with Crippen LogP contribution in [0, 0.1) is 18.8 Å². The van der Waals surface area contributed by atoms with E-state index in [0.29, 0.717) is 31.4 Å². The number of aromatic nitrogens is 1. The van der Waals surface area contributed by atoms with Gasteiger partial charge in [-0.05, 0) is 30.4 Å². The summed E-state index contributed by atoms with van der Waals surface area (Å²) in [4.78, 5) is 19.1. The number of benzene rings is 1. The predicted molar refractivity (Wildman–Crippen MR) is 107 cm³/mol. The van der Waals surface area contributed by atoms with E-state index in [4.69, 9.17) is 4.74 Å². The first-order valence-electron chi connectivity index (χ1n) is 9.24. The standard InChI is InChI=1S/C21H30N2O2S/c1-15(2)10-21(24)23(11-16(3)4)12-18-14-26-20(22-18)13-25-19-9-7-6-8-17(19)5/h6-9,14-16H,10-13H2,1-5H3. The van der Waals surface area contributed by atoms with E-state index in [1.54, 1.807) is 11.3 Å². The van der Waals surface area contributed by atoms with Crippen LogP contribution in [-0.4, -0.2) is 22.3 Å². The average Bonchev–Trinajstić information content (AvgIpc) is 3.00. The Morgan fingerprint density at radius 2 is 1.92 bits per heavy atom. The molecule has 0 aliphatic heterocycles. The highest BCUT2D eigenvalue weighted by Crippen LogP contribution is 2.20. The molecule has 142 valence electrons. The highest BCUT2D eigenvalue weighted by atomic mass is 32.1. The Morgan fingerprint density at radius 1 is 1.19 bits per heavy atom. The number of nitrogens with zero attached hydrogens (tertiary/aromatic N) is 2. The van der Waals surface area contributed by atoms with Gasteiger partial charge in [0.1, 0.15) is 17.4 Å². The van der Waals surface area contributed by atoms with Crippen molar-refractivity contribution in [3.8, 4) is 5.75 Å². The molecular weight excluding hydrogens is 344 g/mol. The first kappa shape index (κ1) is 20.4. The summed E-state index contributed by atoms with van der Waals surface area (Å²) in [6, 6.07) is 7.98. The molecule has 0 spiro atoms. The molecule has 1 aromatic heterocycles. The number of aryl methyl sites for hydroxylation is 1. The second kappa shape index (κ2) is 9.72. The Bertz CT molecular complexity index is 710. The van der Waals surface area contributed by atoms with Crippen LogP contribution in [0.1, 0.15) is 50.4 Å². The van der Waals surface area contributed by atoms with Crippen molar-refractivity contribution in [2.24, 2.45) is 11.8 Å². The van der Waals surface area contributed by atoms with Crippen molar-refractivity contribution in [3.05, 3.63) is 45.9 Å². The molecule has 0 bridgehead atoms. The largest absolute Gasteiger partial charge is 0.486 e. The van der Waals surface area contributed by atoms with Gasteiger partial charge < -0.3 is 9.64 Å². The molecule has 0 saturated carbocycles. The topological polar surface area (TPSA) is 42.4 Å². The van der Waals surface area contributed by atoms with Gasteiger partial charge in [-0.3, -0.25) is 4.79 Å². The summed E-state index contributed by atoms with van der Waals surface area (Å²) >= 11 is 1.59. The number of hydrogen-bond acceptors (Lipinski definition) is 4. The van der Waals surface area contributed by atoms with Crippen LogP contribution in [-0.2, 0) is 17.9 Å². The molecule has 0 radical (unpaired) electrons. The van der Waals surface area contributed by atoms with Crippen LogP contribution in [0.15, 0.2) is 29.6 Å². The summed E-state index contributed by atoms with van der Waals surface area (Å²) in [5, 5.41) is 2.97. The number of ether oxygens (including phenoxy) is 1. The van der Waals surface area contributed by atoms with Crippen LogP contribution in [0.2, 0.25) is 0 Å². The molecule has 1 heterocycles. The number of carbonyl (C=O) groups is 1. The zero-order valence-corrected chi connectivity index (χ0v) is 17.3. The van der Waals surface area contributed by atoms with Crippen LogP contribution in [0.4, 0.5) is 0 Å². The first-order valence-corrected chi connectivity index (χ1v) is 10.1. The number of rotatable bonds is 9. The predicted octanol–water partition coefficient (Wildman–Crippen LogP) is 5.06. The molecule has 1 aromatic carbocycles. The number of amides is 1. The molecule has 0 aliphatic rings. The zero-order valence-electron chi connectivity index (χ0n) is 16.5. The molecule has 5 heteroatoms. The van der Waals surface area contributed by atoms with Crippen LogP contribution in [0.25, 0.3) is 0 Å². The lowest BCUT2D eigenvalue weighted by Crippen LogP contribution is -2.34. The fourth-order valence-electron chi connectivity index (χ4n) is 2.71. The van der Waals surface area contributed by atoms with E-state index >= 15 is 0 Å². The maximum Gasteiger partial charge on any atom is 0.223 e. The Labute approximate surface area is 161 Å². The molecule has 0 N–H and O–H groups in total. The van der Waals surface area contributed by atoms with Gasteiger partial charge in [-0.25, -0.2) is 4.98 Å². The van der Waals surface area contributed by atoms with E-state index in [-0.39, 0.29) is 5.91 Å². The molecule has 0 unspecified atom stereocenters. The van der Waals surface area contributed by atoms with E-state index in [9.17, 15) is 4.79 Å². The van der Waals surface area contributed by atoms with Gasteiger partial charge in [0, 0.05) is 18.3 Å². The normalized spacial score (nSPS) is 11.2. The summed E-state index contributed by atoms with van der Waals surface area (Å²) in [7, 11) is 0. The van der Waals surface area contributed by atoms with Gasteiger partial charge in [0.05, 0.1) is 12.2 Å². The molecule has 0 fully saturated rings. The molecule has 2 aromatic rings. The van der Waals surface area contributed by atoms with E-state index in [0.717, 1.165) is 28.6 Å². The summed E-state index contributed by atoms with van der Waals surface area (Å²) in [5.41, 5.74) is 2.06. The van der Waals surface area contributed by atoms with Crippen molar-refractivity contribution in [2.45, 2.75) is 54.2 Å². The fraction of sp³-hybridized carbons (Fsp3) is 0.524. The molecule has 4 nitrogen and oxygen atoms in total. The summed E-state index contributed by atoms with van der Waals surface area (Å²) in [5.74, 6) is 1.90. The van der Waals surface area contributed by atoms with Gasteiger partial charge in [-0.1, -0.05) is 45.9 Å². The molecule has 26 heavy (non-hydrogen) atoms. The van der Waals surface area contributed by atoms with E-state index in [1.807, 2.05) is 41.5 Å². The van der Waals surface area contributed by atoms with Crippen LogP contribution < -0.4 is 4.74 Å². The van der Waals surface area contributed by atoms with Crippen molar-refractivity contribution in [3.63, 3.8) is 0 Å². The fourth-order valence-corrected chi connectivity index (χ4v) is 3.41. The lowest BCUT2D eigenvalue weighted by atomic mass is 10.1. The van der Waals surface area contributed by atoms with Crippen LogP contribution in [0.3, 0.4) is 0 Å². The van der Waals surface area contributed by atoms with Crippen molar-refractivity contribution in [1.29, 1.82) is 0 Å². The van der Waals surface area contributed by atoms with E-state index < -0.39 is 0 Å². The SMILES string of the molecule is Cc1ccccc1OCc1nc(CN(CC(C)C)C(=O)CC(C)C)cs1. The summed E-state index contributed by atoms with van der Waals surface area (Å²) < 4.78 is 5.87. The highest BCUT2D eigenvalue weighted by Gasteiger charge is 2.18. The maximum atomic E-state index is 12.5. The lowest BCUT2D eigenvalue weighted by molar-refractivity contribution is -0.133. The Morgan fingerprint density at radius 3 is 2.58 bits per heavy atom.